The topological polar surface area (TPSA) is 29.9 Å². The van der Waals surface area contributed by atoms with E-state index in [1.807, 2.05) is 24.7 Å². The molecule has 2 aromatic rings. The van der Waals surface area contributed by atoms with Crippen molar-refractivity contribution in [1.29, 1.82) is 0 Å². The Morgan fingerprint density at radius 2 is 2.05 bits per heavy atom. The molecule has 0 aliphatic rings. The van der Waals surface area contributed by atoms with Gasteiger partial charge in [0, 0.05) is 30.0 Å². The molecular weight excluding hydrogens is 267 g/mol. The van der Waals surface area contributed by atoms with Crippen molar-refractivity contribution >= 4 is 5.69 Å². The van der Waals surface area contributed by atoms with Gasteiger partial charge in [0.1, 0.15) is 0 Å². The first kappa shape index (κ1) is 14.4. The Kier molecular flexibility index (Phi) is 4.01. The molecule has 0 spiro atoms. The molecule has 3 nitrogen and oxygen atoms in total. The number of aromatic nitrogens is 2. The second-order valence-electron chi connectivity index (χ2n) is 4.85. The first-order valence-corrected chi connectivity index (χ1v) is 6.30. The fourth-order valence-electron chi connectivity index (χ4n) is 1.76. The summed E-state index contributed by atoms with van der Waals surface area (Å²) in [4.78, 5) is 0. The van der Waals surface area contributed by atoms with Crippen molar-refractivity contribution in [2.45, 2.75) is 32.6 Å². The highest BCUT2D eigenvalue weighted by Crippen LogP contribution is 2.30. The van der Waals surface area contributed by atoms with Gasteiger partial charge < -0.3 is 5.32 Å². The van der Waals surface area contributed by atoms with Gasteiger partial charge in [-0.3, -0.25) is 4.68 Å². The Morgan fingerprint density at radius 3 is 2.65 bits per heavy atom. The van der Waals surface area contributed by atoms with E-state index in [2.05, 4.69) is 10.4 Å². The molecule has 1 N–H and O–H groups in total. The number of rotatable bonds is 4. The Labute approximate surface area is 115 Å². The van der Waals surface area contributed by atoms with Crippen LogP contribution in [0, 0.1) is 0 Å². The first-order chi connectivity index (χ1) is 9.36. The lowest BCUT2D eigenvalue weighted by atomic mass is 10.2. The average Bonchev–Trinajstić information content (AvgIpc) is 2.85. The molecule has 0 radical (unpaired) electrons. The molecule has 0 saturated carbocycles. The Hall–Kier alpha value is -1.98. The normalized spacial score (nSPS) is 11.9. The summed E-state index contributed by atoms with van der Waals surface area (Å²) in [5, 5.41) is 7.15. The van der Waals surface area contributed by atoms with Crippen molar-refractivity contribution in [1.82, 2.24) is 9.78 Å². The number of nitrogens with one attached hydrogen (secondary N) is 1. The maximum atomic E-state index is 12.6. The molecule has 1 aromatic carbocycles. The molecule has 1 heterocycles. The van der Waals surface area contributed by atoms with Crippen LogP contribution in [0.1, 0.15) is 31.0 Å². The molecule has 6 heteroatoms. The van der Waals surface area contributed by atoms with Crippen LogP contribution >= 0.6 is 0 Å². The summed E-state index contributed by atoms with van der Waals surface area (Å²) in [5.41, 5.74) is 0.716. The summed E-state index contributed by atoms with van der Waals surface area (Å²) in [7, 11) is 0. The van der Waals surface area contributed by atoms with Crippen LogP contribution in [-0.4, -0.2) is 9.78 Å². The van der Waals surface area contributed by atoms with Gasteiger partial charge in [-0.1, -0.05) is 6.07 Å². The summed E-state index contributed by atoms with van der Waals surface area (Å²) >= 11 is 0. The molecule has 108 valence electrons. The quantitative estimate of drug-likeness (QED) is 0.915. The molecule has 0 aliphatic carbocycles. The Bertz CT molecular complexity index is 573. The summed E-state index contributed by atoms with van der Waals surface area (Å²) in [6.45, 7) is 4.46. The second kappa shape index (κ2) is 5.56. The van der Waals surface area contributed by atoms with Crippen molar-refractivity contribution in [3.05, 3.63) is 47.8 Å². The largest absolute Gasteiger partial charge is 0.416 e. The van der Waals surface area contributed by atoms with Crippen LogP contribution in [-0.2, 0) is 12.7 Å². The monoisotopic (exact) mass is 283 g/mol. The lowest BCUT2D eigenvalue weighted by Crippen LogP contribution is -2.06. The van der Waals surface area contributed by atoms with E-state index in [4.69, 9.17) is 0 Å². The van der Waals surface area contributed by atoms with Crippen LogP contribution in [0.4, 0.5) is 18.9 Å². The number of benzene rings is 1. The van der Waals surface area contributed by atoms with Crippen LogP contribution in [0.25, 0.3) is 0 Å². The highest BCUT2D eigenvalue weighted by atomic mass is 19.4. The third-order valence-electron chi connectivity index (χ3n) is 2.87. The number of alkyl halides is 3. The molecule has 0 aliphatic heterocycles. The molecule has 0 fully saturated rings. The van der Waals surface area contributed by atoms with Crippen molar-refractivity contribution in [2.75, 3.05) is 5.32 Å². The molecular formula is C14H16F3N3. The zero-order chi connectivity index (χ0) is 14.8. The van der Waals surface area contributed by atoms with E-state index in [1.165, 1.54) is 6.07 Å². The molecule has 0 bridgehead atoms. The van der Waals surface area contributed by atoms with Gasteiger partial charge in [0.25, 0.3) is 0 Å². The minimum atomic E-state index is -4.32. The molecule has 0 amide bonds. The predicted molar refractivity (Wildman–Crippen MR) is 71.4 cm³/mol. The first-order valence-electron chi connectivity index (χ1n) is 6.30. The smallest absolute Gasteiger partial charge is 0.381 e. The lowest BCUT2D eigenvalue weighted by molar-refractivity contribution is -0.137. The third kappa shape index (κ3) is 3.53. The average molecular weight is 283 g/mol. The van der Waals surface area contributed by atoms with Gasteiger partial charge in [0.15, 0.2) is 0 Å². The van der Waals surface area contributed by atoms with Crippen molar-refractivity contribution in [3.63, 3.8) is 0 Å². The fraction of sp³-hybridized carbons (Fsp3) is 0.357. The number of anilines is 1. The Balaban J connectivity index is 2.03. The van der Waals surface area contributed by atoms with E-state index < -0.39 is 11.7 Å². The SMILES string of the molecule is CC(C)n1cc(CNc2cccc(C(F)(F)F)c2)cn1. The lowest BCUT2D eigenvalue weighted by Gasteiger charge is -2.10. The zero-order valence-corrected chi connectivity index (χ0v) is 11.3. The number of hydrogen-bond acceptors (Lipinski definition) is 2. The van der Waals surface area contributed by atoms with Crippen molar-refractivity contribution < 1.29 is 13.2 Å². The fourth-order valence-corrected chi connectivity index (χ4v) is 1.76. The zero-order valence-electron chi connectivity index (χ0n) is 11.3. The Morgan fingerprint density at radius 1 is 1.30 bits per heavy atom. The van der Waals surface area contributed by atoms with Gasteiger partial charge in [-0.15, -0.1) is 0 Å². The maximum Gasteiger partial charge on any atom is 0.416 e. The summed E-state index contributed by atoms with van der Waals surface area (Å²) in [6, 6.07) is 5.43. The summed E-state index contributed by atoms with van der Waals surface area (Å²) < 4.78 is 39.6. The molecule has 20 heavy (non-hydrogen) atoms. The van der Waals surface area contributed by atoms with Gasteiger partial charge in [0.2, 0.25) is 0 Å². The second-order valence-corrected chi connectivity index (χ2v) is 4.85. The highest BCUT2D eigenvalue weighted by Gasteiger charge is 2.30. The van der Waals surface area contributed by atoms with Crippen molar-refractivity contribution in [2.24, 2.45) is 0 Å². The van der Waals surface area contributed by atoms with Crippen LogP contribution in [0.2, 0.25) is 0 Å². The van der Waals surface area contributed by atoms with Gasteiger partial charge in [-0.05, 0) is 32.0 Å². The standard InChI is InChI=1S/C14H16F3N3/c1-10(2)20-9-11(8-19-20)7-18-13-5-3-4-12(6-13)14(15,16)17/h3-6,8-10,18H,7H2,1-2H3. The minimum absolute atomic E-state index is 0.261. The summed E-state index contributed by atoms with van der Waals surface area (Å²) in [6.07, 6.45) is -0.730. The van der Waals surface area contributed by atoms with Crippen LogP contribution in [0.5, 0.6) is 0 Å². The van der Waals surface area contributed by atoms with Crippen LogP contribution < -0.4 is 5.32 Å². The number of hydrogen-bond donors (Lipinski definition) is 1. The van der Waals surface area contributed by atoms with Gasteiger partial charge in [0.05, 0.1) is 11.8 Å². The summed E-state index contributed by atoms with van der Waals surface area (Å²) in [5.74, 6) is 0. The van der Waals surface area contributed by atoms with Gasteiger partial charge in [-0.25, -0.2) is 0 Å². The molecule has 1 aromatic heterocycles. The van der Waals surface area contributed by atoms with E-state index in [1.54, 1.807) is 12.3 Å². The van der Waals surface area contributed by atoms with Crippen LogP contribution in [0.3, 0.4) is 0 Å². The van der Waals surface area contributed by atoms with E-state index in [0.29, 0.717) is 12.2 Å². The molecule has 0 saturated heterocycles. The van der Waals surface area contributed by atoms with E-state index in [-0.39, 0.29) is 6.04 Å². The molecule has 0 atom stereocenters. The molecule has 2 rings (SSSR count). The highest BCUT2D eigenvalue weighted by molar-refractivity contribution is 5.46. The van der Waals surface area contributed by atoms with Gasteiger partial charge >= 0.3 is 6.18 Å². The maximum absolute atomic E-state index is 12.6. The van der Waals surface area contributed by atoms with E-state index in [0.717, 1.165) is 17.7 Å². The van der Waals surface area contributed by atoms with Crippen LogP contribution in [0.15, 0.2) is 36.7 Å². The predicted octanol–water partition coefficient (Wildman–Crippen LogP) is 4.09. The number of halogens is 3. The van der Waals surface area contributed by atoms with E-state index in [9.17, 15) is 13.2 Å². The third-order valence-corrected chi connectivity index (χ3v) is 2.87. The van der Waals surface area contributed by atoms with Crippen molar-refractivity contribution in [3.8, 4) is 0 Å². The number of nitrogens with zero attached hydrogens (tertiary/aromatic N) is 2. The minimum Gasteiger partial charge on any atom is -0.381 e. The molecule has 0 unspecified atom stereocenters. The van der Waals surface area contributed by atoms with Gasteiger partial charge in [-0.2, -0.15) is 18.3 Å². The van der Waals surface area contributed by atoms with E-state index >= 15 is 0 Å².